The molecule has 0 bridgehead atoms. The van der Waals surface area contributed by atoms with E-state index in [4.69, 9.17) is 21.6 Å². The van der Waals surface area contributed by atoms with Gasteiger partial charge in [0.2, 0.25) is 0 Å². The van der Waals surface area contributed by atoms with Crippen molar-refractivity contribution in [3.05, 3.63) is 46.5 Å². The van der Waals surface area contributed by atoms with E-state index in [2.05, 4.69) is 29.9 Å². The van der Waals surface area contributed by atoms with Crippen molar-refractivity contribution in [1.82, 2.24) is 9.97 Å². The molecule has 0 radical (unpaired) electrons. The Kier molecular flexibility index (Phi) is 5.11. The van der Waals surface area contributed by atoms with Crippen molar-refractivity contribution in [3.8, 4) is 11.8 Å². The number of halogens is 1. The Morgan fingerprint density at radius 3 is 2.62 bits per heavy atom. The molecule has 0 saturated heterocycles. The maximum Gasteiger partial charge on any atom is 0.121 e. The lowest BCUT2D eigenvalue weighted by Gasteiger charge is -2.28. The van der Waals surface area contributed by atoms with Gasteiger partial charge in [0.1, 0.15) is 17.6 Å². The fraction of sp³-hybridized carbons (Fsp3) is 0.474. The zero-order valence-electron chi connectivity index (χ0n) is 14.1. The van der Waals surface area contributed by atoms with Gasteiger partial charge >= 0.3 is 0 Å². The van der Waals surface area contributed by atoms with Crippen molar-refractivity contribution in [3.63, 3.8) is 0 Å². The van der Waals surface area contributed by atoms with E-state index in [-0.39, 0.29) is 6.10 Å². The van der Waals surface area contributed by atoms with Crippen LogP contribution in [0.15, 0.2) is 24.4 Å². The highest BCUT2D eigenvalue weighted by Crippen LogP contribution is 2.34. The van der Waals surface area contributed by atoms with Crippen LogP contribution in [0.1, 0.15) is 68.4 Å². The van der Waals surface area contributed by atoms with E-state index in [9.17, 15) is 0 Å². The molecular formula is C19H22ClN3O. The first-order valence-electron chi connectivity index (χ1n) is 8.48. The summed E-state index contributed by atoms with van der Waals surface area (Å²) in [5, 5.41) is 9.37. The first-order chi connectivity index (χ1) is 11.6. The fourth-order valence-electron chi connectivity index (χ4n) is 3.20. The number of nitrogens with zero attached hydrogens (tertiary/aromatic N) is 2. The molecule has 4 nitrogen and oxygen atoms in total. The summed E-state index contributed by atoms with van der Waals surface area (Å²) < 4.78 is 6.04. The first-order valence-corrected chi connectivity index (χ1v) is 8.85. The predicted molar refractivity (Wildman–Crippen MR) is 94.5 cm³/mol. The Hall–Kier alpha value is -1.99. The molecule has 2 aromatic rings. The summed E-state index contributed by atoms with van der Waals surface area (Å²) in [5.74, 6) is 2.77. The molecule has 1 N–H and O–H groups in total. The third kappa shape index (κ3) is 3.73. The lowest BCUT2D eigenvalue weighted by atomic mass is 9.85. The Morgan fingerprint density at radius 1 is 1.29 bits per heavy atom. The highest BCUT2D eigenvalue weighted by molar-refractivity contribution is 6.31. The van der Waals surface area contributed by atoms with Gasteiger partial charge < -0.3 is 9.72 Å². The number of hydrogen-bond donors (Lipinski definition) is 1. The third-order valence-corrected chi connectivity index (χ3v) is 4.95. The molecule has 3 rings (SSSR count). The average Bonchev–Trinajstić information content (AvgIpc) is 3.06. The van der Waals surface area contributed by atoms with Crippen LogP contribution < -0.4 is 4.74 Å². The van der Waals surface area contributed by atoms with Crippen LogP contribution in [0.25, 0.3) is 0 Å². The van der Waals surface area contributed by atoms with E-state index in [0.29, 0.717) is 22.4 Å². The molecule has 1 aliphatic rings. The number of benzene rings is 1. The molecule has 1 aliphatic carbocycles. The molecule has 1 aromatic heterocycles. The molecule has 0 atom stereocenters. The lowest BCUT2D eigenvalue weighted by molar-refractivity contribution is 0.146. The summed E-state index contributed by atoms with van der Waals surface area (Å²) >= 11 is 6.06. The average molecular weight is 344 g/mol. The Morgan fingerprint density at radius 2 is 2.04 bits per heavy atom. The van der Waals surface area contributed by atoms with Gasteiger partial charge in [0, 0.05) is 29.8 Å². The summed E-state index contributed by atoms with van der Waals surface area (Å²) in [6, 6.07) is 7.32. The number of nitriles is 1. The third-order valence-electron chi connectivity index (χ3n) is 4.64. The Balaban J connectivity index is 1.57. The minimum absolute atomic E-state index is 0.206. The van der Waals surface area contributed by atoms with Crippen LogP contribution in [-0.4, -0.2) is 16.1 Å². The van der Waals surface area contributed by atoms with E-state index in [1.165, 1.54) is 5.69 Å². The maximum atomic E-state index is 8.92. The van der Waals surface area contributed by atoms with Gasteiger partial charge in [-0.2, -0.15) is 5.26 Å². The van der Waals surface area contributed by atoms with Gasteiger partial charge in [0.15, 0.2) is 0 Å². The summed E-state index contributed by atoms with van der Waals surface area (Å²) in [6.07, 6.45) is 6.40. The zero-order chi connectivity index (χ0) is 17.1. The summed E-state index contributed by atoms with van der Waals surface area (Å²) in [6.45, 7) is 4.30. The molecule has 1 fully saturated rings. The summed E-state index contributed by atoms with van der Waals surface area (Å²) in [5.41, 5.74) is 1.73. The van der Waals surface area contributed by atoms with Gasteiger partial charge in [-0.05, 0) is 37.8 Å². The Bertz CT molecular complexity index is 739. The number of ether oxygens (including phenoxy) is 1. The van der Waals surface area contributed by atoms with E-state index in [1.807, 2.05) is 12.3 Å². The number of aromatic nitrogens is 2. The number of hydrogen-bond acceptors (Lipinski definition) is 3. The molecule has 5 heteroatoms. The normalized spacial score (nSPS) is 20.8. The number of rotatable bonds is 4. The number of nitrogens with one attached hydrogen (secondary N) is 1. The van der Waals surface area contributed by atoms with Gasteiger partial charge in [-0.1, -0.05) is 25.4 Å². The monoisotopic (exact) mass is 343 g/mol. The quantitative estimate of drug-likeness (QED) is 0.833. The van der Waals surface area contributed by atoms with E-state index >= 15 is 0 Å². The SMILES string of the molecule is CC(C)c1ncc(C2CCC(Oc3ccc(C#N)c(Cl)c3)CC2)[nH]1. The van der Waals surface area contributed by atoms with Crippen LogP contribution in [0.2, 0.25) is 5.02 Å². The largest absolute Gasteiger partial charge is 0.490 e. The van der Waals surface area contributed by atoms with Crippen molar-refractivity contribution in [2.24, 2.45) is 0 Å². The number of imidazole rings is 1. The minimum atomic E-state index is 0.206. The lowest BCUT2D eigenvalue weighted by Crippen LogP contribution is -2.23. The molecule has 1 aromatic carbocycles. The van der Waals surface area contributed by atoms with Crippen molar-refractivity contribution in [2.75, 3.05) is 0 Å². The molecule has 126 valence electrons. The molecule has 0 amide bonds. The number of H-pyrrole nitrogens is 1. The Labute approximate surface area is 147 Å². The van der Waals surface area contributed by atoms with E-state index in [0.717, 1.165) is 37.3 Å². The summed E-state index contributed by atoms with van der Waals surface area (Å²) in [7, 11) is 0. The van der Waals surface area contributed by atoms with Gasteiger partial charge in [-0.15, -0.1) is 0 Å². The number of aromatic amines is 1. The smallest absolute Gasteiger partial charge is 0.121 e. The molecule has 0 unspecified atom stereocenters. The zero-order valence-corrected chi connectivity index (χ0v) is 14.8. The van der Waals surface area contributed by atoms with E-state index < -0.39 is 0 Å². The van der Waals surface area contributed by atoms with Crippen molar-refractivity contribution in [1.29, 1.82) is 5.26 Å². The fourth-order valence-corrected chi connectivity index (χ4v) is 3.41. The molecule has 1 saturated carbocycles. The molecule has 0 spiro atoms. The van der Waals surface area contributed by atoms with Gasteiger partial charge in [-0.25, -0.2) is 4.98 Å². The minimum Gasteiger partial charge on any atom is -0.490 e. The molecule has 0 aliphatic heterocycles. The van der Waals surface area contributed by atoms with Gasteiger partial charge in [0.25, 0.3) is 0 Å². The van der Waals surface area contributed by atoms with Crippen molar-refractivity contribution >= 4 is 11.6 Å². The molecular weight excluding hydrogens is 322 g/mol. The summed E-state index contributed by atoms with van der Waals surface area (Å²) in [4.78, 5) is 7.94. The topological polar surface area (TPSA) is 61.7 Å². The van der Waals surface area contributed by atoms with E-state index in [1.54, 1.807) is 12.1 Å². The van der Waals surface area contributed by atoms with Gasteiger partial charge in [0.05, 0.1) is 16.7 Å². The molecule has 24 heavy (non-hydrogen) atoms. The standard InChI is InChI=1S/C19H22ClN3O/c1-12(2)19-22-11-18(23-19)13-3-6-15(7-4-13)24-16-8-5-14(10-21)17(20)9-16/h5,8-9,11-13,15H,3-4,6-7H2,1-2H3,(H,22,23). The van der Waals surface area contributed by atoms with Crippen LogP contribution in [0, 0.1) is 11.3 Å². The first kappa shape index (κ1) is 16.9. The maximum absolute atomic E-state index is 8.92. The second-order valence-electron chi connectivity index (χ2n) is 6.72. The van der Waals surface area contributed by atoms with Crippen LogP contribution in [0.5, 0.6) is 5.75 Å². The van der Waals surface area contributed by atoms with Crippen LogP contribution in [-0.2, 0) is 0 Å². The second kappa shape index (κ2) is 7.27. The van der Waals surface area contributed by atoms with Crippen molar-refractivity contribution < 1.29 is 4.74 Å². The van der Waals surface area contributed by atoms with Crippen LogP contribution in [0.3, 0.4) is 0 Å². The predicted octanol–water partition coefficient (Wildman–Crippen LogP) is 5.16. The highest BCUT2D eigenvalue weighted by Gasteiger charge is 2.25. The van der Waals surface area contributed by atoms with Crippen molar-refractivity contribution in [2.45, 2.75) is 57.5 Å². The van der Waals surface area contributed by atoms with Gasteiger partial charge in [-0.3, -0.25) is 0 Å². The van der Waals surface area contributed by atoms with Crippen LogP contribution in [0.4, 0.5) is 0 Å². The van der Waals surface area contributed by atoms with Crippen LogP contribution >= 0.6 is 11.6 Å². The highest BCUT2D eigenvalue weighted by atomic mass is 35.5. The second-order valence-corrected chi connectivity index (χ2v) is 7.13. The molecule has 1 heterocycles.